The molecule has 0 aromatic rings. The van der Waals surface area contributed by atoms with Crippen molar-refractivity contribution < 1.29 is 56.2 Å². The van der Waals surface area contributed by atoms with Crippen LogP contribution in [-0.2, 0) is 4.79 Å². The summed E-state index contributed by atoms with van der Waals surface area (Å²) in [5.74, 6) is 0.101. The van der Waals surface area contributed by atoms with Gasteiger partial charge < -0.3 is 5.73 Å². The maximum atomic E-state index is 11.1. The number of ketones is 1. The molecular weight excluding hydrogens is 165 g/mol. The van der Waals surface area contributed by atoms with Crippen molar-refractivity contribution in [2.24, 2.45) is 5.41 Å². The first-order valence-electron chi connectivity index (χ1n) is 3.49. The van der Waals surface area contributed by atoms with Crippen LogP contribution in [0.4, 0.5) is 0 Å². The van der Waals surface area contributed by atoms with E-state index in [0.29, 0.717) is 5.70 Å². The summed E-state index contributed by atoms with van der Waals surface area (Å²) in [5.41, 5.74) is 7.48. The Morgan fingerprint density at radius 2 is 2.09 bits per heavy atom. The molecule has 3 heteroatoms. The Balaban J connectivity index is 0.000001000. The quantitative estimate of drug-likeness (QED) is 0.452. The van der Waals surface area contributed by atoms with Gasteiger partial charge in [0, 0.05) is 5.41 Å². The molecule has 0 spiro atoms. The summed E-state index contributed by atoms with van der Waals surface area (Å²) in [6.07, 6.45) is 3.02. The minimum absolute atomic E-state index is 0. The SMILES string of the molecule is CC1(C)CCC([NH-])=CC1=O.[K+]. The van der Waals surface area contributed by atoms with Crippen LogP contribution in [0.2, 0.25) is 0 Å². The van der Waals surface area contributed by atoms with E-state index in [4.69, 9.17) is 5.73 Å². The molecule has 0 fully saturated rings. The van der Waals surface area contributed by atoms with Gasteiger partial charge >= 0.3 is 51.4 Å². The van der Waals surface area contributed by atoms with E-state index in [1.807, 2.05) is 13.8 Å². The van der Waals surface area contributed by atoms with Gasteiger partial charge in [-0.05, 0) is 18.9 Å². The smallest absolute Gasteiger partial charge is 0.702 e. The largest absolute Gasteiger partial charge is 1.00 e. The van der Waals surface area contributed by atoms with E-state index in [1.165, 1.54) is 6.08 Å². The fraction of sp³-hybridized carbons (Fsp3) is 0.625. The molecule has 0 unspecified atom stereocenters. The van der Waals surface area contributed by atoms with E-state index in [-0.39, 0.29) is 62.6 Å². The molecule has 0 aromatic carbocycles. The topological polar surface area (TPSA) is 40.9 Å². The third kappa shape index (κ3) is 2.99. The van der Waals surface area contributed by atoms with Crippen LogP contribution in [0.25, 0.3) is 5.73 Å². The van der Waals surface area contributed by atoms with Crippen molar-refractivity contribution in [3.8, 4) is 0 Å². The van der Waals surface area contributed by atoms with Crippen LogP contribution in [0.3, 0.4) is 0 Å². The standard InChI is InChI=1S/C8H13NO.K/c1-8(2)4-3-6(9)5-7(8)10;/h5H,3-4H2,1-2H3,(H2,9,10);/q;+1/p-1. The predicted octanol–water partition coefficient (Wildman–Crippen LogP) is -0.684. The number of hydrogen-bond acceptors (Lipinski definition) is 1. The van der Waals surface area contributed by atoms with E-state index < -0.39 is 0 Å². The van der Waals surface area contributed by atoms with E-state index in [0.717, 1.165) is 12.8 Å². The van der Waals surface area contributed by atoms with Gasteiger partial charge in [-0.1, -0.05) is 13.8 Å². The van der Waals surface area contributed by atoms with Crippen LogP contribution in [0.15, 0.2) is 11.8 Å². The fourth-order valence-electron chi connectivity index (χ4n) is 0.996. The summed E-state index contributed by atoms with van der Waals surface area (Å²) >= 11 is 0. The van der Waals surface area contributed by atoms with Crippen molar-refractivity contribution in [2.75, 3.05) is 0 Å². The molecule has 0 aliphatic heterocycles. The molecule has 56 valence electrons. The molecule has 0 radical (unpaired) electrons. The molecule has 0 aromatic heterocycles. The average Bonchev–Trinajstić information content (AvgIpc) is 1.81. The Labute approximate surface area is 110 Å². The number of nitrogens with one attached hydrogen (secondary N) is 1. The number of carbonyl (C=O) groups is 1. The van der Waals surface area contributed by atoms with Gasteiger partial charge in [0.25, 0.3) is 0 Å². The number of carbonyl (C=O) groups excluding carboxylic acids is 1. The predicted molar refractivity (Wildman–Crippen MR) is 40.4 cm³/mol. The first kappa shape index (κ1) is 11.8. The summed E-state index contributed by atoms with van der Waals surface area (Å²) in [7, 11) is 0. The molecular formula is C8H12KNO. The minimum atomic E-state index is -0.218. The number of rotatable bonds is 0. The third-order valence-electron chi connectivity index (χ3n) is 1.99. The van der Waals surface area contributed by atoms with E-state index in [9.17, 15) is 4.79 Å². The van der Waals surface area contributed by atoms with Crippen LogP contribution in [-0.4, -0.2) is 5.78 Å². The van der Waals surface area contributed by atoms with Crippen LogP contribution >= 0.6 is 0 Å². The zero-order valence-corrected chi connectivity index (χ0v) is 10.5. The molecule has 1 N–H and O–H groups in total. The van der Waals surface area contributed by atoms with Crippen LogP contribution < -0.4 is 51.4 Å². The summed E-state index contributed by atoms with van der Waals surface area (Å²) in [6.45, 7) is 3.86. The molecule has 1 rings (SSSR count). The van der Waals surface area contributed by atoms with Gasteiger partial charge in [-0.2, -0.15) is 5.70 Å². The number of hydrogen-bond donors (Lipinski definition) is 0. The maximum Gasteiger partial charge on any atom is 1.00 e. The Kier molecular flexibility index (Phi) is 4.51. The second-order valence-electron chi connectivity index (χ2n) is 3.42. The molecule has 1 aliphatic rings. The van der Waals surface area contributed by atoms with Gasteiger partial charge in [0.15, 0.2) is 5.78 Å². The zero-order valence-electron chi connectivity index (χ0n) is 7.40. The first-order valence-corrected chi connectivity index (χ1v) is 3.49. The van der Waals surface area contributed by atoms with E-state index in [1.54, 1.807) is 0 Å². The maximum absolute atomic E-state index is 11.1. The monoisotopic (exact) mass is 177 g/mol. The normalized spacial score (nSPS) is 22.0. The van der Waals surface area contributed by atoms with Crippen LogP contribution in [0, 0.1) is 5.41 Å². The summed E-state index contributed by atoms with van der Waals surface area (Å²) in [4.78, 5) is 11.1. The van der Waals surface area contributed by atoms with Crippen LogP contribution in [0.5, 0.6) is 0 Å². The molecule has 0 bridgehead atoms. The van der Waals surface area contributed by atoms with Gasteiger partial charge in [-0.15, -0.1) is 0 Å². The summed E-state index contributed by atoms with van der Waals surface area (Å²) in [6, 6.07) is 0. The van der Waals surface area contributed by atoms with Gasteiger partial charge in [0.2, 0.25) is 0 Å². The molecule has 1 aliphatic carbocycles. The molecule has 0 atom stereocenters. The zero-order chi connectivity index (χ0) is 7.78. The van der Waals surface area contributed by atoms with Gasteiger partial charge in [0.1, 0.15) is 0 Å². The third-order valence-corrected chi connectivity index (χ3v) is 1.99. The van der Waals surface area contributed by atoms with Gasteiger partial charge in [0.05, 0.1) is 0 Å². The van der Waals surface area contributed by atoms with Crippen molar-refractivity contribution in [2.45, 2.75) is 26.7 Å². The fourth-order valence-corrected chi connectivity index (χ4v) is 0.996. The summed E-state index contributed by atoms with van der Waals surface area (Å²) in [5, 5.41) is 0. The molecule has 0 heterocycles. The van der Waals surface area contributed by atoms with Gasteiger partial charge in [-0.3, -0.25) is 4.79 Å². The van der Waals surface area contributed by atoms with Gasteiger partial charge in [-0.25, -0.2) is 0 Å². The second-order valence-corrected chi connectivity index (χ2v) is 3.42. The molecule has 2 nitrogen and oxygen atoms in total. The molecule has 11 heavy (non-hydrogen) atoms. The van der Waals surface area contributed by atoms with E-state index >= 15 is 0 Å². The number of allylic oxidation sites excluding steroid dienone is 2. The van der Waals surface area contributed by atoms with Crippen molar-refractivity contribution >= 4 is 5.78 Å². The van der Waals surface area contributed by atoms with Crippen molar-refractivity contribution in [3.63, 3.8) is 0 Å². The Morgan fingerprint density at radius 1 is 1.55 bits per heavy atom. The van der Waals surface area contributed by atoms with E-state index in [2.05, 4.69) is 0 Å². The van der Waals surface area contributed by atoms with Crippen LogP contribution in [0.1, 0.15) is 26.7 Å². The Bertz CT molecular complexity index is 196. The Hall–Kier alpha value is 0.846. The molecule has 0 saturated carbocycles. The van der Waals surface area contributed by atoms with Crippen molar-refractivity contribution in [1.82, 2.24) is 0 Å². The minimum Gasteiger partial charge on any atom is -0.702 e. The first-order chi connectivity index (χ1) is 4.52. The van der Waals surface area contributed by atoms with Crippen molar-refractivity contribution in [1.29, 1.82) is 0 Å². The Morgan fingerprint density at radius 3 is 2.45 bits per heavy atom. The molecule has 0 saturated heterocycles. The molecule has 0 amide bonds. The van der Waals surface area contributed by atoms with Crippen molar-refractivity contribution in [3.05, 3.63) is 17.5 Å². The average molecular weight is 177 g/mol. The second kappa shape index (κ2) is 4.19. The summed E-state index contributed by atoms with van der Waals surface area (Å²) < 4.78 is 0.